The molecule has 3 rings (SSSR count). The molecule has 9 heteroatoms. The third-order valence-electron chi connectivity index (χ3n) is 3.77. The number of rotatable bonds is 4. The minimum Gasteiger partial charge on any atom is -0.383 e. The number of fused-ring (bicyclic) bond motifs is 1. The van der Waals surface area contributed by atoms with Crippen molar-refractivity contribution in [3.63, 3.8) is 0 Å². The highest BCUT2D eigenvalue weighted by Crippen LogP contribution is 2.37. The maximum Gasteiger partial charge on any atom is 0.266 e. The van der Waals surface area contributed by atoms with E-state index in [-0.39, 0.29) is 28.7 Å². The van der Waals surface area contributed by atoms with Crippen molar-refractivity contribution in [2.24, 2.45) is 4.99 Å². The molecule has 26 heavy (non-hydrogen) atoms. The van der Waals surface area contributed by atoms with E-state index in [0.717, 1.165) is 0 Å². The van der Waals surface area contributed by atoms with Crippen LogP contribution in [-0.2, 0) is 14.8 Å². The molecule has 0 saturated carbocycles. The van der Waals surface area contributed by atoms with E-state index in [1.165, 1.54) is 31.4 Å². The van der Waals surface area contributed by atoms with Crippen LogP contribution in [0.15, 0.2) is 46.3 Å². The second-order valence-corrected chi connectivity index (χ2v) is 7.06. The molecule has 1 aliphatic rings. The highest BCUT2D eigenvalue weighted by Gasteiger charge is 2.29. The van der Waals surface area contributed by atoms with Gasteiger partial charge in [-0.3, -0.25) is 0 Å². The first kappa shape index (κ1) is 17.8. The van der Waals surface area contributed by atoms with Crippen molar-refractivity contribution in [1.29, 1.82) is 5.26 Å². The van der Waals surface area contributed by atoms with Gasteiger partial charge < -0.3 is 10.1 Å². The molecule has 0 spiro atoms. The van der Waals surface area contributed by atoms with Gasteiger partial charge in [0.1, 0.15) is 16.8 Å². The predicted molar refractivity (Wildman–Crippen MR) is 94.7 cm³/mol. The minimum atomic E-state index is -3.85. The van der Waals surface area contributed by atoms with Gasteiger partial charge in [0, 0.05) is 18.2 Å². The molecule has 134 valence electrons. The fraction of sp³-hybridized carbons (Fsp3) is 0.176. The number of nitrogens with zero attached hydrogens (tertiary/aromatic N) is 2. The SMILES string of the molecule is COCCN=C1Nc2c(-c3cccc(F)c3C#N)cccc2S(=O)(=O)N1. The quantitative estimate of drug-likeness (QED) is 0.798. The number of benzene rings is 2. The summed E-state index contributed by atoms with van der Waals surface area (Å²) in [6.07, 6.45) is 0. The molecule has 2 aromatic carbocycles. The Bertz CT molecular complexity index is 1030. The summed E-state index contributed by atoms with van der Waals surface area (Å²) in [5.41, 5.74) is 0.772. The molecule has 0 bridgehead atoms. The van der Waals surface area contributed by atoms with E-state index in [1.54, 1.807) is 12.1 Å². The number of ether oxygens (including phenoxy) is 1. The molecule has 0 radical (unpaired) electrons. The van der Waals surface area contributed by atoms with Crippen LogP contribution in [0.3, 0.4) is 0 Å². The average molecular weight is 374 g/mol. The van der Waals surface area contributed by atoms with Gasteiger partial charge in [-0.2, -0.15) is 5.26 Å². The van der Waals surface area contributed by atoms with Crippen LogP contribution in [0, 0.1) is 17.1 Å². The minimum absolute atomic E-state index is 0.00570. The summed E-state index contributed by atoms with van der Waals surface area (Å²) >= 11 is 0. The van der Waals surface area contributed by atoms with Crippen molar-refractivity contribution in [3.05, 3.63) is 47.8 Å². The van der Waals surface area contributed by atoms with Crippen molar-refractivity contribution in [1.82, 2.24) is 4.72 Å². The Morgan fingerprint density at radius 3 is 2.69 bits per heavy atom. The molecule has 1 heterocycles. The van der Waals surface area contributed by atoms with Gasteiger partial charge >= 0.3 is 0 Å². The van der Waals surface area contributed by atoms with Crippen LogP contribution in [-0.4, -0.2) is 34.6 Å². The molecular formula is C17H15FN4O3S. The summed E-state index contributed by atoms with van der Waals surface area (Å²) in [6, 6.07) is 10.6. The van der Waals surface area contributed by atoms with Gasteiger partial charge in [0.05, 0.1) is 24.4 Å². The number of hydrogen-bond donors (Lipinski definition) is 2. The largest absolute Gasteiger partial charge is 0.383 e. The Hall–Kier alpha value is -2.96. The van der Waals surface area contributed by atoms with Crippen LogP contribution in [0.25, 0.3) is 11.1 Å². The number of sulfonamides is 1. The zero-order valence-corrected chi connectivity index (χ0v) is 14.6. The fourth-order valence-corrected chi connectivity index (χ4v) is 3.78. The number of hydrogen-bond acceptors (Lipinski definition) is 5. The Kier molecular flexibility index (Phi) is 4.88. The van der Waals surface area contributed by atoms with Crippen molar-refractivity contribution in [2.45, 2.75) is 4.90 Å². The molecule has 7 nitrogen and oxygen atoms in total. The Morgan fingerprint density at radius 2 is 1.96 bits per heavy atom. The third-order valence-corrected chi connectivity index (χ3v) is 5.15. The normalized spacial score (nSPS) is 16.3. The number of para-hydroxylation sites is 1. The first-order chi connectivity index (χ1) is 12.5. The lowest BCUT2D eigenvalue weighted by Gasteiger charge is -2.24. The van der Waals surface area contributed by atoms with E-state index >= 15 is 0 Å². The fourth-order valence-electron chi connectivity index (χ4n) is 2.62. The number of guanidine groups is 1. The summed E-state index contributed by atoms with van der Waals surface area (Å²) in [5, 5.41) is 12.2. The van der Waals surface area contributed by atoms with Crippen molar-refractivity contribution < 1.29 is 17.5 Å². The molecule has 1 aliphatic heterocycles. The van der Waals surface area contributed by atoms with Gasteiger partial charge in [0.15, 0.2) is 0 Å². The highest BCUT2D eigenvalue weighted by molar-refractivity contribution is 7.90. The monoisotopic (exact) mass is 374 g/mol. The molecule has 0 aromatic heterocycles. The van der Waals surface area contributed by atoms with Crippen LogP contribution in [0.2, 0.25) is 0 Å². The summed E-state index contributed by atoms with van der Waals surface area (Å²) < 4.78 is 46.3. The summed E-state index contributed by atoms with van der Waals surface area (Å²) in [7, 11) is -2.34. The van der Waals surface area contributed by atoms with Crippen molar-refractivity contribution >= 4 is 21.7 Å². The second-order valence-electron chi connectivity index (χ2n) is 5.41. The lowest BCUT2D eigenvalue weighted by molar-refractivity contribution is 0.208. The van der Waals surface area contributed by atoms with E-state index in [0.29, 0.717) is 17.7 Å². The number of nitrogens with one attached hydrogen (secondary N) is 2. The molecular weight excluding hydrogens is 359 g/mol. The number of methoxy groups -OCH3 is 1. The van der Waals surface area contributed by atoms with Crippen LogP contribution in [0.4, 0.5) is 10.1 Å². The third kappa shape index (κ3) is 3.24. The number of anilines is 1. The van der Waals surface area contributed by atoms with Gasteiger partial charge in [-0.15, -0.1) is 0 Å². The van der Waals surface area contributed by atoms with E-state index in [9.17, 15) is 18.1 Å². The zero-order valence-electron chi connectivity index (χ0n) is 13.8. The molecule has 0 saturated heterocycles. The Balaban J connectivity index is 2.18. The van der Waals surface area contributed by atoms with Gasteiger partial charge in [0.2, 0.25) is 5.96 Å². The topological polar surface area (TPSA) is 104 Å². The van der Waals surface area contributed by atoms with Crippen molar-refractivity contribution in [2.75, 3.05) is 25.6 Å². The van der Waals surface area contributed by atoms with Gasteiger partial charge in [-0.1, -0.05) is 24.3 Å². The maximum atomic E-state index is 14.0. The zero-order chi connectivity index (χ0) is 18.7. The predicted octanol–water partition coefficient (Wildman–Crippen LogP) is 2.07. The van der Waals surface area contributed by atoms with E-state index in [1.807, 2.05) is 6.07 Å². The molecule has 0 atom stereocenters. The van der Waals surface area contributed by atoms with E-state index in [4.69, 9.17) is 4.74 Å². The summed E-state index contributed by atoms with van der Waals surface area (Å²) in [6.45, 7) is 0.576. The van der Waals surface area contributed by atoms with Gasteiger partial charge in [-0.05, 0) is 12.1 Å². The van der Waals surface area contributed by atoms with E-state index in [2.05, 4.69) is 15.0 Å². The van der Waals surface area contributed by atoms with Gasteiger partial charge in [0.25, 0.3) is 10.0 Å². The van der Waals surface area contributed by atoms with Crippen molar-refractivity contribution in [3.8, 4) is 17.2 Å². The molecule has 2 N–H and O–H groups in total. The molecule has 0 unspecified atom stereocenters. The maximum absolute atomic E-state index is 14.0. The lowest BCUT2D eigenvalue weighted by Crippen LogP contribution is -2.41. The molecule has 2 aromatic rings. The first-order valence-electron chi connectivity index (χ1n) is 7.63. The van der Waals surface area contributed by atoms with Crippen LogP contribution in [0.1, 0.15) is 5.56 Å². The van der Waals surface area contributed by atoms with Gasteiger partial charge in [-0.25, -0.2) is 22.5 Å². The standard InChI is InChI=1S/C17H15FN4O3S/c1-25-9-8-20-17-21-16-12(5-3-7-15(16)26(23,24)22-17)11-4-2-6-14(18)13(11)10-19/h2-7H,8-9H2,1H3,(H2,20,21,22). The first-order valence-corrected chi connectivity index (χ1v) is 9.11. The average Bonchev–Trinajstić information content (AvgIpc) is 2.61. The van der Waals surface area contributed by atoms with E-state index < -0.39 is 15.8 Å². The smallest absolute Gasteiger partial charge is 0.266 e. The van der Waals surface area contributed by atoms with Crippen LogP contribution in [0.5, 0.6) is 0 Å². The highest BCUT2D eigenvalue weighted by atomic mass is 32.2. The summed E-state index contributed by atoms with van der Waals surface area (Å²) in [4.78, 5) is 4.11. The second kappa shape index (κ2) is 7.11. The molecule has 0 aliphatic carbocycles. The molecule has 0 fully saturated rings. The number of nitriles is 1. The summed E-state index contributed by atoms with van der Waals surface area (Å²) in [5.74, 6) is -0.634. The number of halogens is 1. The van der Waals surface area contributed by atoms with Crippen LogP contribution >= 0.6 is 0 Å². The van der Waals surface area contributed by atoms with Crippen LogP contribution < -0.4 is 10.0 Å². The Labute approximate surface area is 150 Å². The number of aliphatic imine (C=N–C) groups is 1. The Morgan fingerprint density at radius 1 is 1.23 bits per heavy atom. The molecule has 0 amide bonds. The lowest BCUT2D eigenvalue weighted by atomic mass is 9.98.